The van der Waals surface area contributed by atoms with Crippen molar-refractivity contribution in [3.05, 3.63) is 30.3 Å². The predicted octanol–water partition coefficient (Wildman–Crippen LogP) is 0.231. The predicted molar refractivity (Wildman–Crippen MR) is 39.4 cm³/mol. The molecule has 0 fully saturated rings. The third kappa shape index (κ3) is 2.68. The lowest BCUT2D eigenvalue weighted by atomic mass is 10.3. The standard InChI is InChI=1S/C7H8N2O2/c10-6-8-9-11-7-4-2-1-3-5-7/h1-6,9H,(H,8,10). The molecular weight excluding hydrogens is 144 g/mol. The van der Waals surface area contributed by atoms with E-state index in [-0.39, 0.29) is 0 Å². The van der Waals surface area contributed by atoms with Crippen molar-refractivity contribution in [1.29, 1.82) is 0 Å². The Morgan fingerprint density at radius 1 is 1.27 bits per heavy atom. The van der Waals surface area contributed by atoms with Crippen LogP contribution in [0.2, 0.25) is 0 Å². The van der Waals surface area contributed by atoms with E-state index in [4.69, 9.17) is 4.84 Å². The SMILES string of the molecule is O=CNNOc1ccccc1. The van der Waals surface area contributed by atoms with Gasteiger partial charge in [0.25, 0.3) is 0 Å². The molecule has 58 valence electrons. The van der Waals surface area contributed by atoms with Crippen LogP contribution in [0.3, 0.4) is 0 Å². The van der Waals surface area contributed by atoms with Gasteiger partial charge in [0.05, 0.1) is 0 Å². The molecule has 0 saturated carbocycles. The minimum atomic E-state index is 0.489. The third-order valence-electron chi connectivity index (χ3n) is 1.03. The Balaban J connectivity index is 2.33. The summed E-state index contributed by atoms with van der Waals surface area (Å²) in [5, 5.41) is 0. The monoisotopic (exact) mass is 152 g/mol. The van der Waals surface area contributed by atoms with E-state index in [0.29, 0.717) is 12.2 Å². The average molecular weight is 152 g/mol. The van der Waals surface area contributed by atoms with Crippen LogP contribution in [0.5, 0.6) is 5.75 Å². The molecule has 0 aliphatic carbocycles. The molecule has 0 radical (unpaired) electrons. The summed E-state index contributed by atoms with van der Waals surface area (Å²) in [5.41, 5.74) is 4.38. The Labute approximate surface area is 64.1 Å². The van der Waals surface area contributed by atoms with Crippen LogP contribution in [0.4, 0.5) is 0 Å². The van der Waals surface area contributed by atoms with E-state index in [1.807, 2.05) is 18.2 Å². The van der Waals surface area contributed by atoms with Gasteiger partial charge < -0.3 is 4.84 Å². The Morgan fingerprint density at radius 3 is 2.64 bits per heavy atom. The van der Waals surface area contributed by atoms with Crippen LogP contribution in [0.15, 0.2) is 30.3 Å². The number of para-hydroxylation sites is 1. The van der Waals surface area contributed by atoms with Crippen molar-refractivity contribution in [3.8, 4) is 5.75 Å². The quantitative estimate of drug-likeness (QED) is 0.369. The first-order valence-electron chi connectivity index (χ1n) is 3.09. The van der Waals surface area contributed by atoms with Gasteiger partial charge in [-0.2, -0.15) is 0 Å². The van der Waals surface area contributed by atoms with Crippen molar-refractivity contribution >= 4 is 6.41 Å². The zero-order valence-corrected chi connectivity index (χ0v) is 5.78. The highest BCUT2D eigenvalue weighted by Gasteiger charge is 1.86. The van der Waals surface area contributed by atoms with Gasteiger partial charge in [-0.05, 0) is 12.1 Å². The fourth-order valence-electron chi connectivity index (χ4n) is 0.601. The summed E-state index contributed by atoms with van der Waals surface area (Å²) >= 11 is 0. The molecule has 4 nitrogen and oxygen atoms in total. The first-order valence-corrected chi connectivity index (χ1v) is 3.09. The van der Waals surface area contributed by atoms with Crippen molar-refractivity contribution < 1.29 is 9.63 Å². The number of hydrogen-bond donors (Lipinski definition) is 2. The molecule has 1 aromatic rings. The molecule has 1 rings (SSSR count). The Morgan fingerprint density at radius 2 is 2.00 bits per heavy atom. The maximum Gasteiger partial charge on any atom is 0.223 e. The topological polar surface area (TPSA) is 50.4 Å². The van der Waals surface area contributed by atoms with Crippen molar-refractivity contribution in [1.82, 2.24) is 11.0 Å². The van der Waals surface area contributed by atoms with Gasteiger partial charge in [0.15, 0.2) is 0 Å². The van der Waals surface area contributed by atoms with Crippen LogP contribution in [0.25, 0.3) is 0 Å². The molecule has 0 spiro atoms. The Kier molecular flexibility index (Phi) is 2.95. The van der Waals surface area contributed by atoms with Crippen molar-refractivity contribution in [2.75, 3.05) is 0 Å². The highest BCUT2D eigenvalue weighted by atomic mass is 16.7. The second-order valence-corrected chi connectivity index (χ2v) is 1.78. The average Bonchev–Trinajstić information content (AvgIpc) is 2.07. The largest absolute Gasteiger partial charge is 0.389 e. The first-order chi connectivity index (χ1) is 5.43. The number of benzene rings is 1. The third-order valence-corrected chi connectivity index (χ3v) is 1.03. The zero-order valence-electron chi connectivity index (χ0n) is 5.78. The molecule has 0 bridgehead atoms. The number of nitrogens with one attached hydrogen (secondary N) is 2. The van der Waals surface area contributed by atoms with Gasteiger partial charge in [-0.1, -0.05) is 23.8 Å². The van der Waals surface area contributed by atoms with Crippen LogP contribution in [0.1, 0.15) is 0 Å². The van der Waals surface area contributed by atoms with E-state index < -0.39 is 0 Å². The van der Waals surface area contributed by atoms with Gasteiger partial charge in [0.1, 0.15) is 5.75 Å². The Hall–Kier alpha value is -1.55. The molecule has 0 saturated heterocycles. The molecular formula is C7H8N2O2. The van der Waals surface area contributed by atoms with Crippen LogP contribution < -0.4 is 15.9 Å². The number of rotatable bonds is 4. The number of hydrazine groups is 1. The summed E-state index contributed by atoms with van der Waals surface area (Å²) in [7, 11) is 0. The van der Waals surface area contributed by atoms with Crippen LogP contribution in [0, 0.1) is 0 Å². The number of amides is 1. The fourth-order valence-corrected chi connectivity index (χ4v) is 0.601. The molecule has 0 aromatic heterocycles. The second-order valence-electron chi connectivity index (χ2n) is 1.78. The van der Waals surface area contributed by atoms with Gasteiger partial charge in [-0.3, -0.25) is 10.2 Å². The molecule has 4 heteroatoms. The van der Waals surface area contributed by atoms with Gasteiger partial charge >= 0.3 is 0 Å². The highest BCUT2D eigenvalue weighted by molar-refractivity contribution is 5.44. The summed E-state index contributed by atoms with van der Waals surface area (Å²) in [6, 6.07) is 9.06. The Bertz CT molecular complexity index is 213. The number of carbonyl (C=O) groups excluding carboxylic acids is 1. The molecule has 2 N–H and O–H groups in total. The van der Waals surface area contributed by atoms with E-state index in [0.717, 1.165) is 0 Å². The summed E-state index contributed by atoms with van der Waals surface area (Å²) in [5.74, 6) is 0.641. The van der Waals surface area contributed by atoms with Gasteiger partial charge in [-0.15, -0.1) is 0 Å². The molecule has 0 aliphatic rings. The highest BCUT2D eigenvalue weighted by Crippen LogP contribution is 2.05. The smallest absolute Gasteiger partial charge is 0.223 e. The van der Waals surface area contributed by atoms with E-state index in [2.05, 4.69) is 11.0 Å². The molecule has 0 unspecified atom stereocenters. The zero-order chi connectivity index (χ0) is 7.94. The summed E-state index contributed by atoms with van der Waals surface area (Å²) in [6.45, 7) is 0. The summed E-state index contributed by atoms with van der Waals surface area (Å²) in [6.07, 6.45) is 0.489. The minimum absolute atomic E-state index is 0.489. The lowest BCUT2D eigenvalue weighted by Gasteiger charge is -2.03. The van der Waals surface area contributed by atoms with E-state index in [1.165, 1.54) is 0 Å². The minimum Gasteiger partial charge on any atom is -0.389 e. The summed E-state index contributed by atoms with van der Waals surface area (Å²) in [4.78, 5) is 14.6. The van der Waals surface area contributed by atoms with E-state index >= 15 is 0 Å². The normalized spacial score (nSPS) is 8.73. The van der Waals surface area contributed by atoms with Crippen molar-refractivity contribution in [3.63, 3.8) is 0 Å². The lowest BCUT2D eigenvalue weighted by Crippen LogP contribution is -2.33. The van der Waals surface area contributed by atoms with Crippen LogP contribution in [-0.2, 0) is 4.79 Å². The molecule has 1 amide bonds. The van der Waals surface area contributed by atoms with Gasteiger partial charge in [0, 0.05) is 0 Å². The molecule has 0 aliphatic heterocycles. The van der Waals surface area contributed by atoms with Crippen molar-refractivity contribution in [2.24, 2.45) is 0 Å². The van der Waals surface area contributed by atoms with Crippen LogP contribution >= 0.6 is 0 Å². The molecule has 0 heterocycles. The van der Waals surface area contributed by atoms with Crippen molar-refractivity contribution in [2.45, 2.75) is 0 Å². The molecule has 1 aromatic carbocycles. The number of carbonyl (C=O) groups is 1. The fraction of sp³-hybridized carbons (Fsp3) is 0. The second kappa shape index (κ2) is 4.29. The van der Waals surface area contributed by atoms with Gasteiger partial charge in [-0.25, -0.2) is 0 Å². The molecule has 0 atom stereocenters. The summed E-state index contributed by atoms with van der Waals surface area (Å²) < 4.78 is 0. The van der Waals surface area contributed by atoms with E-state index in [9.17, 15) is 4.79 Å². The number of hydrogen-bond acceptors (Lipinski definition) is 3. The van der Waals surface area contributed by atoms with Gasteiger partial charge in [0.2, 0.25) is 6.41 Å². The maximum atomic E-state index is 9.74. The molecule has 11 heavy (non-hydrogen) atoms. The maximum absolute atomic E-state index is 9.74. The first kappa shape index (κ1) is 7.56. The van der Waals surface area contributed by atoms with Crippen LogP contribution in [-0.4, -0.2) is 6.41 Å². The van der Waals surface area contributed by atoms with E-state index in [1.54, 1.807) is 12.1 Å². The lowest BCUT2D eigenvalue weighted by molar-refractivity contribution is -0.112.